The molecule has 2 N–H and O–H groups in total. The highest BCUT2D eigenvalue weighted by molar-refractivity contribution is 6.04. The summed E-state index contributed by atoms with van der Waals surface area (Å²) in [5.41, 5.74) is 2.61. The van der Waals surface area contributed by atoms with Gasteiger partial charge in [0, 0.05) is 6.54 Å². The number of aromatic nitrogens is 1. The molecule has 1 aromatic heterocycles. The van der Waals surface area contributed by atoms with Crippen LogP contribution in [0, 0.1) is 0 Å². The molecule has 0 aliphatic carbocycles. The Bertz CT molecular complexity index is 1290. The molecule has 1 heterocycles. The van der Waals surface area contributed by atoms with E-state index in [-0.39, 0.29) is 5.91 Å². The molecule has 2 amide bonds. The van der Waals surface area contributed by atoms with Crippen molar-refractivity contribution in [1.82, 2.24) is 9.88 Å². The van der Waals surface area contributed by atoms with Crippen molar-refractivity contribution < 1.29 is 14.0 Å². The topological polar surface area (TPSA) is 93.3 Å². The van der Waals surface area contributed by atoms with Gasteiger partial charge in [-0.1, -0.05) is 54.6 Å². The lowest BCUT2D eigenvalue weighted by Gasteiger charge is -2.15. The molecular formula is C24H21N3O4. The van der Waals surface area contributed by atoms with Crippen molar-refractivity contribution in [3.8, 4) is 0 Å². The number of nitrogens with zero attached hydrogens (tertiary/aromatic N) is 1. The van der Waals surface area contributed by atoms with Gasteiger partial charge in [-0.2, -0.15) is 0 Å². The molecule has 0 aliphatic heterocycles. The second kappa shape index (κ2) is 8.71. The molecule has 1 unspecified atom stereocenters. The number of rotatable bonds is 6. The summed E-state index contributed by atoms with van der Waals surface area (Å²) in [5.74, 6) is -1.35. The van der Waals surface area contributed by atoms with Gasteiger partial charge in [-0.25, -0.2) is 4.79 Å². The first kappa shape index (κ1) is 20.2. The minimum absolute atomic E-state index is 0.307. The number of fused-ring (bicyclic) bond motifs is 1. The van der Waals surface area contributed by atoms with Crippen LogP contribution in [-0.2, 0) is 11.3 Å². The van der Waals surface area contributed by atoms with Crippen LogP contribution in [0.4, 0.5) is 5.69 Å². The molecule has 0 bridgehead atoms. The Morgan fingerprint density at radius 1 is 0.935 bits per heavy atom. The zero-order chi connectivity index (χ0) is 21.8. The van der Waals surface area contributed by atoms with E-state index >= 15 is 0 Å². The summed E-state index contributed by atoms with van der Waals surface area (Å²) in [5, 5.41) is 5.63. The fraction of sp³-hybridized carbons (Fsp3) is 0.125. The molecule has 1 atom stereocenters. The van der Waals surface area contributed by atoms with E-state index in [1.807, 2.05) is 30.3 Å². The molecule has 0 radical (unpaired) electrons. The summed E-state index contributed by atoms with van der Waals surface area (Å²) in [6.45, 7) is 1.98. The number of oxazole rings is 1. The molecule has 0 saturated carbocycles. The second-order valence-corrected chi connectivity index (χ2v) is 7.08. The van der Waals surface area contributed by atoms with Gasteiger partial charge in [0.15, 0.2) is 5.58 Å². The summed E-state index contributed by atoms with van der Waals surface area (Å²) >= 11 is 0. The van der Waals surface area contributed by atoms with Crippen LogP contribution in [0.15, 0.2) is 88.1 Å². The average Bonchev–Trinajstić information content (AvgIpc) is 3.13. The molecule has 4 aromatic rings. The van der Waals surface area contributed by atoms with E-state index in [0.717, 1.165) is 5.56 Å². The quantitative estimate of drug-likeness (QED) is 0.502. The van der Waals surface area contributed by atoms with Gasteiger partial charge < -0.3 is 15.1 Å². The monoisotopic (exact) mass is 415 g/mol. The van der Waals surface area contributed by atoms with Crippen molar-refractivity contribution in [3.05, 3.63) is 101 Å². The van der Waals surface area contributed by atoms with E-state index in [9.17, 15) is 14.4 Å². The fourth-order valence-corrected chi connectivity index (χ4v) is 3.37. The highest BCUT2D eigenvalue weighted by Gasteiger charge is 2.22. The smallest absolute Gasteiger partial charge is 0.408 e. The maximum atomic E-state index is 12.9. The number of nitrogens with one attached hydrogen (secondary N) is 2. The van der Waals surface area contributed by atoms with E-state index < -0.39 is 17.7 Å². The molecule has 156 valence electrons. The molecule has 3 aromatic carbocycles. The first-order valence-electron chi connectivity index (χ1n) is 9.86. The van der Waals surface area contributed by atoms with Gasteiger partial charge in [0.2, 0.25) is 5.91 Å². The Kier molecular flexibility index (Phi) is 5.66. The van der Waals surface area contributed by atoms with Gasteiger partial charge in [-0.3, -0.25) is 14.2 Å². The predicted octanol–water partition coefficient (Wildman–Crippen LogP) is 3.72. The summed E-state index contributed by atoms with van der Waals surface area (Å²) in [6.07, 6.45) is 0. The second-order valence-electron chi connectivity index (χ2n) is 7.08. The van der Waals surface area contributed by atoms with Crippen molar-refractivity contribution >= 4 is 28.6 Å². The lowest BCUT2D eigenvalue weighted by atomic mass is 10.1. The standard InChI is InChI=1S/C24H21N3O4/c1-16(27-20-13-7-8-14-21(20)31-24(27)30)22(28)26-19-12-6-5-11-18(19)23(29)25-15-17-9-3-2-4-10-17/h2-14,16H,15H2,1H3,(H,25,29)(H,26,28). The number of amides is 2. The summed E-state index contributed by atoms with van der Waals surface area (Å²) in [6, 6.07) is 22.4. The van der Waals surface area contributed by atoms with E-state index in [2.05, 4.69) is 10.6 Å². The number of anilines is 1. The Balaban J connectivity index is 1.53. The molecule has 0 fully saturated rings. The molecule has 31 heavy (non-hydrogen) atoms. The summed E-state index contributed by atoms with van der Waals surface area (Å²) in [4.78, 5) is 37.9. The van der Waals surface area contributed by atoms with Crippen LogP contribution in [0.25, 0.3) is 11.1 Å². The van der Waals surface area contributed by atoms with Gasteiger partial charge in [-0.15, -0.1) is 0 Å². The third-order valence-corrected chi connectivity index (χ3v) is 5.01. The molecule has 0 aliphatic rings. The van der Waals surface area contributed by atoms with Crippen LogP contribution in [-0.4, -0.2) is 16.4 Å². The zero-order valence-corrected chi connectivity index (χ0v) is 16.9. The van der Waals surface area contributed by atoms with Gasteiger partial charge in [0.1, 0.15) is 6.04 Å². The zero-order valence-electron chi connectivity index (χ0n) is 16.9. The molecule has 0 saturated heterocycles. The largest absolute Gasteiger partial charge is 0.420 e. The molecule has 7 heteroatoms. The Labute approximate surface area is 178 Å². The number of para-hydroxylation sites is 3. The van der Waals surface area contributed by atoms with Crippen LogP contribution < -0.4 is 16.4 Å². The number of carbonyl (C=O) groups excluding carboxylic acids is 2. The predicted molar refractivity (Wildman–Crippen MR) is 118 cm³/mol. The van der Waals surface area contributed by atoms with Crippen LogP contribution in [0.3, 0.4) is 0 Å². The summed E-state index contributed by atoms with van der Waals surface area (Å²) in [7, 11) is 0. The van der Waals surface area contributed by atoms with Crippen LogP contribution >= 0.6 is 0 Å². The van der Waals surface area contributed by atoms with Crippen molar-refractivity contribution in [2.75, 3.05) is 5.32 Å². The minimum Gasteiger partial charge on any atom is -0.408 e. The van der Waals surface area contributed by atoms with Crippen molar-refractivity contribution in [1.29, 1.82) is 0 Å². The fourth-order valence-electron chi connectivity index (χ4n) is 3.37. The Morgan fingerprint density at radius 3 is 2.42 bits per heavy atom. The summed E-state index contributed by atoms with van der Waals surface area (Å²) < 4.78 is 6.51. The Hall–Kier alpha value is -4.13. The maximum Gasteiger partial charge on any atom is 0.420 e. The van der Waals surface area contributed by atoms with Gasteiger partial charge in [-0.05, 0) is 36.8 Å². The third-order valence-electron chi connectivity index (χ3n) is 5.01. The van der Waals surface area contributed by atoms with Crippen molar-refractivity contribution in [2.24, 2.45) is 0 Å². The number of hydrogen-bond acceptors (Lipinski definition) is 4. The number of hydrogen-bond donors (Lipinski definition) is 2. The average molecular weight is 415 g/mol. The number of benzene rings is 3. The van der Waals surface area contributed by atoms with E-state index in [4.69, 9.17) is 4.42 Å². The molecule has 0 spiro atoms. The first-order chi connectivity index (χ1) is 15.0. The SMILES string of the molecule is CC(C(=O)Nc1ccccc1C(=O)NCc1ccccc1)n1c(=O)oc2ccccc21. The number of carbonyl (C=O) groups is 2. The molecule has 7 nitrogen and oxygen atoms in total. The third kappa shape index (κ3) is 4.25. The maximum absolute atomic E-state index is 12.9. The van der Waals surface area contributed by atoms with Gasteiger partial charge in [0.25, 0.3) is 5.91 Å². The van der Waals surface area contributed by atoms with Crippen molar-refractivity contribution in [2.45, 2.75) is 19.5 Å². The molecule has 4 rings (SSSR count). The minimum atomic E-state index is -0.836. The van der Waals surface area contributed by atoms with Crippen LogP contribution in [0.5, 0.6) is 0 Å². The van der Waals surface area contributed by atoms with Crippen molar-refractivity contribution in [3.63, 3.8) is 0 Å². The van der Waals surface area contributed by atoms with E-state index in [1.54, 1.807) is 55.5 Å². The lowest BCUT2D eigenvalue weighted by molar-refractivity contribution is -0.118. The van der Waals surface area contributed by atoms with Crippen LogP contribution in [0.1, 0.15) is 28.9 Å². The Morgan fingerprint density at radius 2 is 1.61 bits per heavy atom. The van der Waals surface area contributed by atoms with E-state index in [0.29, 0.717) is 28.9 Å². The highest BCUT2D eigenvalue weighted by Crippen LogP contribution is 2.20. The van der Waals surface area contributed by atoms with Gasteiger partial charge in [0.05, 0.1) is 16.8 Å². The lowest BCUT2D eigenvalue weighted by Crippen LogP contribution is -2.30. The highest BCUT2D eigenvalue weighted by atomic mass is 16.4. The van der Waals surface area contributed by atoms with Gasteiger partial charge >= 0.3 is 5.76 Å². The van der Waals surface area contributed by atoms with Crippen LogP contribution in [0.2, 0.25) is 0 Å². The van der Waals surface area contributed by atoms with E-state index in [1.165, 1.54) is 4.57 Å². The molecular weight excluding hydrogens is 394 g/mol. The first-order valence-corrected chi connectivity index (χ1v) is 9.86. The normalized spacial score (nSPS) is 11.8.